The second-order valence-electron chi connectivity index (χ2n) is 18.5. The minimum Gasteiger partial charge on any atom is -0.459 e. The quantitative estimate of drug-likeness (QED) is 0.0227. The molecule has 2 amide bonds. The van der Waals surface area contributed by atoms with E-state index in [9.17, 15) is 24.9 Å². The summed E-state index contributed by atoms with van der Waals surface area (Å²) in [6.45, 7) is 7.50. The molecule has 2 aliphatic heterocycles. The van der Waals surface area contributed by atoms with Gasteiger partial charge in [-0.1, -0.05) is 94.9 Å². The third kappa shape index (κ3) is 16.0. The number of carbonyl (C=O) groups is 2. The molecule has 15 nitrogen and oxygen atoms in total. The van der Waals surface area contributed by atoms with Crippen LogP contribution in [0.4, 0.5) is 9.59 Å². The number of carbonyl (C=O) groups excluding carboxylic acids is 2. The maximum atomic E-state index is 14.3. The van der Waals surface area contributed by atoms with E-state index in [0.29, 0.717) is 49.6 Å². The highest BCUT2D eigenvalue weighted by atomic mass is 35.5. The molecule has 0 bridgehead atoms. The second kappa shape index (κ2) is 31.0. The van der Waals surface area contributed by atoms with E-state index in [-0.39, 0.29) is 82.8 Å². The van der Waals surface area contributed by atoms with Crippen molar-refractivity contribution in [3.8, 4) is 11.5 Å². The van der Waals surface area contributed by atoms with Gasteiger partial charge in [-0.25, -0.2) is 9.59 Å². The van der Waals surface area contributed by atoms with Crippen LogP contribution in [0.1, 0.15) is 147 Å². The van der Waals surface area contributed by atoms with E-state index < -0.39 is 36.2 Å². The molecule has 68 heavy (non-hydrogen) atoms. The van der Waals surface area contributed by atoms with Gasteiger partial charge in [0.15, 0.2) is 0 Å². The SMILES string of the molecule is C=CCO[C@@]12Oc3ccc(OC(=O)NCCCCCCCCCCCC)cc3[C@H]3[C@H](CCCCO)[C@@H](CCCCO)C=C(C(=NOC4CCCCO4)C[C@@H]1N(CCOCCO)C(=O)OCCCl)[C@H]32. The molecule has 0 spiro atoms. The zero-order chi connectivity index (χ0) is 48.4. The van der Waals surface area contributed by atoms with E-state index in [2.05, 4.69) is 24.9 Å². The van der Waals surface area contributed by atoms with Crippen LogP contribution in [0.2, 0.25) is 0 Å². The van der Waals surface area contributed by atoms with E-state index in [1.807, 2.05) is 12.1 Å². The lowest BCUT2D eigenvalue weighted by atomic mass is 9.55. The lowest BCUT2D eigenvalue weighted by Gasteiger charge is -2.59. The second-order valence-corrected chi connectivity index (χ2v) is 18.9. The monoisotopic (exact) mass is 976 g/mol. The summed E-state index contributed by atoms with van der Waals surface area (Å²) in [6.07, 6.45) is 21.2. The molecule has 16 heteroatoms. The highest BCUT2D eigenvalue weighted by molar-refractivity contribution is 6.18. The van der Waals surface area contributed by atoms with Gasteiger partial charge in [0.2, 0.25) is 12.1 Å². The van der Waals surface area contributed by atoms with Crippen LogP contribution in [0, 0.1) is 17.8 Å². The Morgan fingerprint density at radius 2 is 1.69 bits per heavy atom. The Morgan fingerprint density at radius 1 is 0.941 bits per heavy atom. The summed E-state index contributed by atoms with van der Waals surface area (Å²) in [6, 6.07) is 4.56. The van der Waals surface area contributed by atoms with Crippen molar-refractivity contribution < 1.29 is 58.2 Å². The molecule has 2 heterocycles. The number of alkyl halides is 1. The van der Waals surface area contributed by atoms with Crippen LogP contribution in [-0.4, -0.2) is 128 Å². The number of hydrogen-bond acceptors (Lipinski definition) is 13. The van der Waals surface area contributed by atoms with Crippen LogP contribution in [0.3, 0.4) is 0 Å². The Hall–Kier alpha value is -3.44. The number of allylic oxidation sites excluding steroid dienone is 1. The zero-order valence-electron chi connectivity index (χ0n) is 40.8. The van der Waals surface area contributed by atoms with Gasteiger partial charge in [0.1, 0.15) is 24.1 Å². The average Bonchev–Trinajstić information content (AvgIpc) is 3.35. The first-order valence-corrected chi connectivity index (χ1v) is 26.4. The first-order valence-electron chi connectivity index (χ1n) is 25.8. The fraction of sp³-hybridized carbons (Fsp3) is 0.750. The molecule has 5 rings (SSSR count). The van der Waals surface area contributed by atoms with Crippen LogP contribution >= 0.6 is 11.6 Å². The van der Waals surface area contributed by atoms with Crippen LogP contribution < -0.4 is 14.8 Å². The molecule has 4 aliphatic rings. The highest BCUT2D eigenvalue weighted by Gasteiger charge is 2.65. The van der Waals surface area contributed by atoms with Crippen LogP contribution in [0.25, 0.3) is 0 Å². The lowest BCUT2D eigenvalue weighted by molar-refractivity contribution is -0.256. The molecule has 0 aromatic heterocycles. The molecule has 0 radical (unpaired) electrons. The molecule has 1 saturated heterocycles. The fourth-order valence-electron chi connectivity index (χ4n) is 10.5. The third-order valence-corrected chi connectivity index (χ3v) is 13.9. The van der Waals surface area contributed by atoms with Gasteiger partial charge >= 0.3 is 12.2 Å². The Kier molecular flexibility index (Phi) is 25.3. The van der Waals surface area contributed by atoms with E-state index >= 15 is 0 Å². The van der Waals surface area contributed by atoms with Crippen molar-refractivity contribution in [3.05, 3.63) is 48.1 Å². The number of benzene rings is 1. The Labute approximate surface area is 410 Å². The van der Waals surface area contributed by atoms with E-state index in [1.165, 1.54) is 44.9 Å². The van der Waals surface area contributed by atoms with Crippen molar-refractivity contribution in [2.45, 2.75) is 159 Å². The number of amides is 2. The molecule has 1 aromatic carbocycles. The van der Waals surface area contributed by atoms with Crippen molar-refractivity contribution in [3.63, 3.8) is 0 Å². The van der Waals surface area contributed by atoms with Gasteiger partial charge in [0.25, 0.3) is 0 Å². The maximum Gasteiger partial charge on any atom is 0.412 e. The molecule has 384 valence electrons. The molecule has 1 aromatic rings. The summed E-state index contributed by atoms with van der Waals surface area (Å²) in [5.41, 5.74) is 2.28. The first-order chi connectivity index (χ1) is 33.3. The maximum absolute atomic E-state index is 14.3. The standard InChI is InChI=1S/C52H82ClN3O12/c1-3-5-6-7-8-9-10-11-12-16-26-54-50(60)66-40-23-24-45-43(37-40)48-41(21-14-18-29-58)39(20-13-17-28-57)36-42-44(55-68-47-22-15-19-32-63-47)38-46(52(67-45,49(42)48)65-31-4-2)56(27-34-62-35-30-59)51(61)64-33-25-53/h4,23-24,36-37,39,41,46-49,57-59H,2-3,5-22,25-35,38H2,1H3,(H,54,60)/t39-,41+,46-,47?,48+,49+,52+/m0/s1. The smallest absolute Gasteiger partial charge is 0.412 e. The number of oxime groups is 1. The molecular formula is C52H82ClN3O12. The molecule has 1 saturated carbocycles. The summed E-state index contributed by atoms with van der Waals surface area (Å²) in [4.78, 5) is 35.5. The van der Waals surface area contributed by atoms with Crippen molar-refractivity contribution >= 4 is 29.5 Å². The van der Waals surface area contributed by atoms with Gasteiger partial charge in [0, 0.05) is 50.6 Å². The minimum absolute atomic E-state index is 0.00201. The topological polar surface area (TPSA) is 187 Å². The summed E-state index contributed by atoms with van der Waals surface area (Å²) in [5, 5.41) is 37.3. The van der Waals surface area contributed by atoms with Crippen molar-refractivity contribution in [2.24, 2.45) is 22.9 Å². The predicted octanol–water partition coefficient (Wildman–Crippen LogP) is 9.54. The predicted molar refractivity (Wildman–Crippen MR) is 262 cm³/mol. The Bertz CT molecular complexity index is 1710. The normalized spacial score (nSPS) is 24.5. The molecular weight excluding hydrogens is 894 g/mol. The average molecular weight is 977 g/mol. The number of nitrogens with zero attached hydrogens (tertiary/aromatic N) is 2. The number of aliphatic hydroxyl groups excluding tert-OH is 3. The number of ether oxygens (including phenoxy) is 6. The number of unbranched alkanes of at least 4 members (excludes halogenated alkanes) is 11. The Morgan fingerprint density at radius 3 is 2.38 bits per heavy atom. The summed E-state index contributed by atoms with van der Waals surface area (Å²) in [7, 11) is 0. The minimum atomic E-state index is -1.55. The van der Waals surface area contributed by atoms with Crippen molar-refractivity contribution in [2.75, 3.05) is 71.8 Å². The van der Waals surface area contributed by atoms with E-state index in [1.54, 1.807) is 17.0 Å². The summed E-state index contributed by atoms with van der Waals surface area (Å²) >= 11 is 6.06. The van der Waals surface area contributed by atoms with Crippen molar-refractivity contribution in [1.29, 1.82) is 0 Å². The number of rotatable bonds is 33. The highest BCUT2D eigenvalue weighted by Crippen LogP contribution is 2.62. The molecule has 4 N–H and O–H groups in total. The number of fused-ring (bicyclic) bond motifs is 2. The number of nitrogens with one attached hydrogen (secondary N) is 1. The number of hydrogen-bond donors (Lipinski definition) is 4. The van der Waals surface area contributed by atoms with Gasteiger partial charge in [-0.05, 0) is 80.6 Å². The van der Waals surface area contributed by atoms with E-state index in [4.69, 9.17) is 50.0 Å². The molecule has 2 aliphatic carbocycles. The first kappa shape index (κ1) is 55.5. The van der Waals surface area contributed by atoms with Crippen molar-refractivity contribution in [1.82, 2.24) is 10.2 Å². The Balaban J connectivity index is 1.56. The van der Waals surface area contributed by atoms with Gasteiger partial charge in [-0.3, -0.25) is 4.90 Å². The molecule has 1 unspecified atom stereocenters. The summed E-state index contributed by atoms with van der Waals surface area (Å²) in [5.74, 6) is -1.58. The number of aliphatic hydroxyl groups is 3. The van der Waals surface area contributed by atoms with Crippen LogP contribution in [-0.2, 0) is 23.8 Å². The number of halogens is 1. The van der Waals surface area contributed by atoms with Crippen LogP contribution in [0.5, 0.6) is 11.5 Å². The lowest BCUT2D eigenvalue weighted by Crippen LogP contribution is -2.70. The van der Waals surface area contributed by atoms with Gasteiger partial charge < -0.3 is 53.9 Å². The molecule has 7 atom stereocenters. The summed E-state index contributed by atoms with van der Waals surface area (Å²) < 4.78 is 37.7. The van der Waals surface area contributed by atoms with Gasteiger partial charge in [0.05, 0.1) is 50.5 Å². The fourth-order valence-corrected chi connectivity index (χ4v) is 10.6. The largest absolute Gasteiger partial charge is 0.459 e. The zero-order valence-corrected chi connectivity index (χ0v) is 41.5. The van der Waals surface area contributed by atoms with Gasteiger partial charge in [-0.15, -0.1) is 18.2 Å². The van der Waals surface area contributed by atoms with E-state index in [0.717, 1.165) is 68.9 Å². The third-order valence-electron chi connectivity index (χ3n) is 13.7. The van der Waals surface area contributed by atoms with Crippen LogP contribution in [0.15, 0.2) is 47.7 Å². The molecule has 2 fully saturated rings. The van der Waals surface area contributed by atoms with Gasteiger partial charge in [-0.2, -0.15) is 0 Å².